The van der Waals surface area contributed by atoms with E-state index in [2.05, 4.69) is 10.5 Å². The standard InChI is InChI=1S/C18H17FN2O3/c1-11-3-6-13(9-15(11)19)20-18(22)17-10-16(21-24-17)12-4-7-14(23-2)8-5-12/h3-9,17H,10H2,1-2H3,(H,20,22). The van der Waals surface area contributed by atoms with Crippen LogP contribution in [0.3, 0.4) is 0 Å². The summed E-state index contributed by atoms with van der Waals surface area (Å²) in [5.74, 6) is 0.0229. The van der Waals surface area contributed by atoms with Crippen LogP contribution in [0.25, 0.3) is 0 Å². The second-order valence-electron chi connectivity index (χ2n) is 5.52. The predicted octanol–water partition coefficient (Wildman–Crippen LogP) is 3.27. The lowest BCUT2D eigenvalue weighted by molar-refractivity contribution is -0.125. The minimum Gasteiger partial charge on any atom is -0.497 e. The summed E-state index contributed by atoms with van der Waals surface area (Å²) in [5, 5.41) is 6.62. The van der Waals surface area contributed by atoms with Gasteiger partial charge >= 0.3 is 0 Å². The van der Waals surface area contributed by atoms with Crippen LogP contribution >= 0.6 is 0 Å². The SMILES string of the molecule is COc1ccc(C2=NOC(C(=O)Nc3ccc(C)c(F)c3)C2)cc1. The van der Waals surface area contributed by atoms with E-state index in [-0.39, 0.29) is 11.7 Å². The Bertz CT molecular complexity index is 787. The van der Waals surface area contributed by atoms with E-state index < -0.39 is 6.10 Å². The molecule has 1 amide bonds. The lowest BCUT2D eigenvalue weighted by Crippen LogP contribution is -2.28. The van der Waals surface area contributed by atoms with Crippen LogP contribution in [-0.2, 0) is 9.63 Å². The molecule has 2 aromatic rings. The van der Waals surface area contributed by atoms with Gasteiger partial charge in [0.2, 0.25) is 6.10 Å². The Kier molecular flexibility index (Phi) is 4.46. The smallest absolute Gasteiger partial charge is 0.268 e. The van der Waals surface area contributed by atoms with E-state index >= 15 is 0 Å². The minimum absolute atomic E-state index is 0.354. The second-order valence-corrected chi connectivity index (χ2v) is 5.52. The molecule has 2 aromatic carbocycles. The number of nitrogens with zero attached hydrogens (tertiary/aromatic N) is 1. The number of oxime groups is 1. The van der Waals surface area contributed by atoms with Crippen molar-refractivity contribution in [1.82, 2.24) is 0 Å². The maximum Gasteiger partial charge on any atom is 0.268 e. The van der Waals surface area contributed by atoms with Crippen LogP contribution in [0.2, 0.25) is 0 Å². The molecule has 0 fully saturated rings. The molecule has 1 atom stereocenters. The maximum absolute atomic E-state index is 13.5. The van der Waals surface area contributed by atoms with E-state index in [1.54, 1.807) is 26.2 Å². The van der Waals surface area contributed by atoms with Gasteiger partial charge in [-0.3, -0.25) is 4.79 Å². The molecular formula is C18H17FN2O3. The Balaban J connectivity index is 1.63. The van der Waals surface area contributed by atoms with Crippen molar-refractivity contribution in [3.05, 3.63) is 59.4 Å². The third-order valence-electron chi connectivity index (χ3n) is 3.82. The van der Waals surface area contributed by atoms with Crippen LogP contribution in [-0.4, -0.2) is 24.8 Å². The van der Waals surface area contributed by atoms with Gasteiger partial charge < -0.3 is 14.9 Å². The monoisotopic (exact) mass is 328 g/mol. The Morgan fingerprint density at radius 2 is 2.04 bits per heavy atom. The average Bonchev–Trinajstić information content (AvgIpc) is 3.08. The first kappa shape index (κ1) is 16.0. The van der Waals surface area contributed by atoms with Gasteiger partial charge in [-0.25, -0.2) is 4.39 Å². The van der Waals surface area contributed by atoms with Crippen molar-refractivity contribution >= 4 is 17.3 Å². The molecule has 24 heavy (non-hydrogen) atoms. The fraction of sp³-hybridized carbons (Fsp3) is 0.222. The number of amides is 1. The van der Waals surface area contributed by atoms with Crippen LogP contribution in [0.5, 0.6) is 5.75 Å². The van der Waals surface area contributed by atoms with Crippen molar-refractivity contribution in [1.29, 1.82) is 0 Å². The maximum atomic E-state index is 13.5. The summed E-state index contributed by atoms with van der Waals surface area (Å²) in [7, 11) is 1.60. The summed E-state index contributed by atoms with van der Waals surface area (Å²) in [5.41, 5.74) is 2.47. The second kappa shape index (κ2) is 6.70. The number of halogens is 1. The Hall–Kier alpha value is -2.89. The van der Waals surface area contributed by atoms with Crippen LogP contribution in [0.15, 0.2) is 47.6 Å². The quantitative estimate of drug-likeness (QED) is 0.937. The molecule has 1 heterocycles. The van der Waals surface area contributed by atoms with E-state index in [0.29, 0.717) is 23.4 Å². The number of carbonyl (C=O) groups is 1. The van der Waals surface area contributed by atoms with E-state index in [9.17, 15) is 9.18 Å². The van der Waals surface area contributed by atoms with Crippen LogP contribution in [0.4, 0.5) is 10.1 Å². The van der Waals surface area contributed by atoms with Crippen LogP contribution in [0, 0.1) is 12.7 Å². The molecule has 1 aliphatic rings. The van der Waals surface area contributed by atoms with Gasteiger partial charge in [0.25, 0.3) is 5.91 Å². The number of benzene rings is 2. The average molecular weight is 328 g/mol. The summed E-state index contributed by atoms with van der Waals surface area (Å²) in [6, 6.07) is 11.9. The van der Waals surface area contributed by atoms with Gasteiger partial charge in [0.15, 0.2) is 0 Å². The summed E-state index contributed by atoms with van der Waals surface area (Å²) in [4.78, 5) is 17.5. The number of anilines is 1. The normalized spacial score (nSPS) is 16.3. The van der Waals surface area contributed by atoms with Gasteiger partial charge in [-0.05, 0) is 54.4 Å². The van der Waals surface area contributed by atoms with Gasteiger partial charge in [0, 0.05) is 12.1 Å². The van der Waals surface area contributed by atoms with Crippen LogP contribution in [0.1, 0.15) is 17.5 Å². The summed E-state index contributed by atoms with van der Waals surface area (Å²) >= 11 is 0. The fourth-order valence-electron chi connectivity index (χ4n) is 2.37. The number of rotatable bonds is 4. The zero-order valence-corrected chi connectivity index (χ0v) is 13.4. The fourth-order valence-corrected chi connectivity index (χ4v) is 2.37. The number of hydrogen-bond donors (Lipinski definition) is 1. The molecule has 0 saturated heterocycles. The molecule has 1 unspecified atom stereocenters. The first-order valence-corrected chi connectivity index (χ1v) is 7.51. The number of aryl methyl sites for hydroxylation is 1. The van der Waals surface area contributed by atoms with E-state index in [0.717, 1.165) is 11.3 Å². The number of carbonyl (C=O) groups excluding carboxylic acids is 1. The van der Waals surface area contributed by atoms with Gasteiger partial charge in [-0.1, -0.05) is 11.2 Å². The van der Waals surface area contributed by atoms with Crippen LogP contribution < -0.4 is 10.1 Å². The Morgan fingerprint density at radius 3 is 2.71 bits per heavy atom. The highest BCUT2D eigenvalue weighted by atomic mass is 19.1. The number of hydrogen-bond acceptors (Lipinski definition) is 4. The highest BCUT2D eigenvalue weighted by molar-refractivity contribution is 6.06. The van der Waals surface area contributed by atoms with Crippen molar-refractivity contribution in [2.24, 2.45) is 5.16 Å². The number of nitrogens with one attached hydrogen (secondary N) is 1. The van der Waals surface area contributed by atoms with Gasteiger partial charge in [0.1, 0.15) is 11.6 Å². The zero-order chi connectivity index (χ0) is 17.1. The van der Waals surface area contributed by atoms with Crippen molar-refractivity contribution in [3.63, 3.8) is 0 Å². The molecule has 1 aliphatic heterocycles. The highest BCUT2D eigenvalue weighted by Crippen LogP contribution is 2.21. The zero-order valence-electron chi connectivity index (χ0n) is 13.4. The molecule has 0 aliphatic carbocycles. The molecule has 124 valence electrons. The first-order chi connectivity index (χ1) is 11.6. The van der Waals surface area contributed by atoms with Crippen molar-refractivity contribution in [2.45, 2.75) is 19.4 Å². The Labute approximate surface area is 139 Å². The third kappa shape index (κ3) is 3.37. The molecular weight excluding hydrogens is 311 g/mol. The van der Waals surface area contributed by atoms with E-state index in [4.69, 9.17) is 9.57 Å². The van der Waals surface area contributed by atoms with Gasteiger partial charge in [0.05, 0.1) is 12.8 Å². The van der Waals surface area contributed by atoms with E-state index in [1.807, 2.05) is 24.3 Å². The minimum atomic E-state index is -0.730. The Morgan fingerprint density at radius 1 is 1.29 bits per heavy atom. The highest BCUT2D eigenvalue weighted by Gasteiger charge is 2.29. The largest absolute Gasteiger partial charge is 0.497 e. The number of methoxy groups -OCH3 is 1. The molecule has 0 spiro atoms. The van der Waals surface area contributed by atoms with Gasteiger partial charge in [-0.2, -0.15) is 0 Å². The topological polar surface area (TPSA) is 59.9 Å². The molecule has 6 heteroatoms. The van der Waals surface area contributed by atoms with Gasteiger partial charge in [-0.15, -0.1) is 0 Å². The molecule has 5 nitrogen and oxygen atoms in total. The van der Waals surface area contributed by atoms with Crippen molar-refractivity contribution < 1.29 is 18.8 Å². The lowest BCUT2D eigenvalue weighted by atomic mass is 10.0. The number of ether oxygens (including phenoxy) is 1. The van der Waals surface area contributed by atoms with E-state index in [1.165, 1.54) is 6.07 Å². The molecule has 0 radical (unpaired) electrons. The molecule has 1 N–H and O–H groups in total. The predicted molar refractivity (Wildman–Crippen MR) is 88.8 cm³/mol. The molecule has 3 rings (SSSR count). The molecule has 0 aromatic heterocycles. The molecule has 0 saturated carbocycles. The summed E-state index contributed by atoms with van der Waals surface area (Å²) in [6.45, 7) is 1.66. The lowest BCUT2D eigenvalue weighted by Gasteiger charge is -2.10. The first-order valence-electron chi connectivity index (χ1n) is 7.51. The summed E-state index contributed by atoms with van der Waals surface area (Å²) in [6.07, 6.45) is -0.376. The van der Waals surface area contributed by atoms with Crippen molar-refractivity contribution in [2.75, 3.05) is 12.4 Å². The summed E-state index contributed by atoms with van der Waals surface area (Å²) < 4.78 is 18.6. The van der Waals surface area contributed by atoms with Crippen molar-refractivity contribution in [3.8, 4) is 5.75 Å². The third-order valence-corrected chi connectivity index (χ3v) is 3.82. The molecule has 0 bridgehead atoms.